The number of hydrogen-bond acceptors (Lipinski definition) is 6. The first-order valence-electron chi connectivity index (χ1n) is 12.1. The lowest BCUT2D eigenvalue weighted by molar-refractivity contribution is -0.127. The van der Waals surface area contributed by atoms with Crippen molar-refractivity contribution >= 4 is 40.2 Å². The van der Waals surface area contributed by atoms with E-state index in [-0.39, 0.29) is 11.8 Å². The third kappa shape index (κ3) is 5.51. The molecule has 1 aliphatic carbocycles. The summed E-state index contributed by atoms with van der Waals surface area (Å²) < 4.78 is 7.48. The number of benzene rings is 1. The highest BCUT2D eigenvalue weighted by Crippen LogP contribution is 2.27. The number of nitrogens with zero attached hydrogens (tertiary/aromatic N) is 4. The van der Waals surface area contributed by atoms with E-state index in [1.54, 1.807) is 6.20 Å². The maximum atomic E-state index is 12.0. The standard InChI is InChI=1S/C25H31ClN6O2/c26-22-17-32(9-3-8-27-24(33)19-5-2-6-19)23-21(22)15-28-25(30-23)29-20-7-1-4-18(14-20)16-31-10-12-34-13-11-31/h1,4,7,14-15,17,19H,2-3,5-6,8-13,16H2,(H,27,33)(H,28,29,30). The SMILES string of the molecule is O=C(NCCCn1cc(Cl)c2cnc(Nc3cccc(CN4CCOCC4)c3)nc21)C1CCC1. The molecule has 2 fully saturated rings. The predicted molar refractivity (Wildman–Crippen MR) is 133 cm³/mol. The Labute approximate surface area is 204 Å². The summed E-state index contributed by atoms with van der Waals surface area (Å²) >= 11 is 6.43. The third-order valence-corrected chi connectivity index (χ3v) is 6.91. The number of morpholine rings is 1. The highest BCUT2D eigenvalue weighted by Gasteiger charge is 2.24. The lowest BCUT2D eigenvalue weighted by Crippen LogP contribution is -2.35. The summed E-state index contributed by atoms with van der Waals surface area (Å²) in [6.45, 7) is 5.77. The minimum atomic E-state index is 0.186. The fourth-order valence-corrected chi connectivity index (χ4v) is 4.68. The largest absolute Gasteiger partial charge is 0.379 e. The first-order valence-corrected chi connectivity index (χ1v) is 12.5. The van der Waals surface area contributed by atoms with Gasteiger partial charge in [0.2, 0.25) is 11.9 Å². The van der Waals surface area contributed by atoms with Gasteiger partial charge in [0.25, 0.3) is 0 Å². The average Bonchev–Trinajstić information content (AvgIpc) is 3.11. The summed E-state index contributed by atoms with van der Waals surface area (Å²) in [6.07, 6.45) is 7.68. The summed E-state index contributed by atoms with van der Waals surface area (Å²) in [6, 6.07) is 8.35. The minimum absolute atomic E-state index is 0.186. The van der Waals surface area contributed by atoms with Crippen LogP contribution in [0.4, 0.5) is 11.6 Å². The van der Waals surface area contributed by atoms with Crippen molar-refractivity contribution < 1.29 is 9.53 Å². The van der Waals surface area contributed by atoms with E-state index in [4.69, 9.17) is 21.3 Å². The van der Waals surface area contributed by atoms with Crippen molar-refractivity contribution in [3.05, 3.63) is 47.2 Å². The van der Waals surface area contributed by atoms with Crippen molar-refractivity contribution in [2.45, 2.75) is 38.8 Å². The van der Waals surface area contributed by atoms with Gasteiger partial charge >= 0.3 is 0 Å². The molecule has 34 heavy (non-hydrogen) atoms. The Morgan fingerprint density at radius 2 is 2.09 bits per heavy atom. The number of aromatic nitrogens is 3. The van der Waals surface area contributed by atoms with Crippen molar-refractivity contribution in [1.29, 1.82) is 0 Å². The molecule has 1 amide bonds. The van der Waals surface area contributed by atoms with Gasteiger partial charge in [-0.1, -0.05) is 30.2 Å². The number of halogens is 1. The lowest BCUT2D eigenvalue weighted by Gasteiger charge is -2.26. The molecular formula is C25H31ClN6O2. The zero-order chi connectivity index (χ0) is 23.3. The molecule has 0 bridgehead atoms. The molecule has 0 spiro atoms. The Morgan fingerprint density at radius 1 is 1.24 bits per heavy atom. The predicted octanol–water partition coefficient (Wildman–Crippen LogP) is 3.97. The molecule has 180 valence electrons. The molecule has 3 heterocycles. The Kier molecular flexibility index (Phi) is 7.27. The van der Waals surface area contributed by atoms with Crippen LogP contribution in [0.25, 0.3) is 11.0 Å². The highest BCUT2D eigenvalue weighted by atomic mass is 35.5. The molecule has 5 rings (SSSR count). The first kappa shape index (κ1) is 23.1. The number of anilines is 2. The normalized spacial score (nSPS) is 17.0. The van der Waals surface area contributed by atoms with E-state index < -0.39 is 0 Å². The van der Waals surface area contributed by atoms with Crippen molar-refractivity contribution in [2.24, 2.45) is 5.92 Å². The summed E-state index contributed by atoms with van der Waals surface area (Å²) in [4.78, 5) is 23.6. The number of amides is 1. The minimum Gasteiger partial charge on any atom is -0.379 e. The quantitative estimate of drug-likeness (QED) is 0.449. The molecule has 1 saturated carbocycles. The number of aryl methyl sites for hydroxylation is 1. The van der Waals surface area contributed by atoms with Gasteiger partial charge in [-0.3, -0.25) is 9.69 Å². The molecule has 9 heteroatoms. The Morgan fingerprint density at radius 3 is 2.88 bits per heavy atom. The topological polar surface area (TPSA) is 84.3 Å². The number of nitrogens with one attached hydrogen (secondary N) is 2. The number of hydrogen-bond donors (Lipinski definition) is 2. The van der Waals surface area contributed by atoms with Crippen molar-refractivity contribution in [3.8, 4) is 0 Å². The molecule has 8 nitrogen and oxygen atoms in total. The first-order chi connectivity index (χ1) is 16.7. The monoisotopic (exact) mass is 482 g/mol. The van der Waals surface area contributed by atoms with E-state index in [2.05, 4.69) is 32.7 Å². The van der Waals surface area contributed by atoms with Gasteiger partial charge in [0.15, 0.2) is 0 Å². The molecule has 0 atom stereocenters. The maximum Gasteiger partial charge on any atom is 0.229 e. The van der Waals surface area contributed by atoms with E-state index in [0.717, 1.165) is 75.4 Å². The highest BCUT2D eigenvalue weighted by molar-refractivity contribution is 6.35. The van der Waals surface area contributed by atoms with Gasteiger partial charge in [0, 0.05) is 56.7 Å². The summed E-state index contributed by atoms with van der Waals surface area (Å²) in [5, 5.41) is 7.84. The number of fused-ring (bicyclic) bond motifs is 1. The smallest absolute Gasteiger partial charge is 0.229 e. The van der Waals surface area contributed by atoms with Gasteiger partial charge in [-0.15, -0.1) is 0 Å². The van der Waals surface area contributed by atoms with Crippen LogP contribution in [0, 0.1) is 5.92 Å². The van der Waals surface area contributed by atoms with Crippen LogP contribution in [0.15, 0.2) is 36.7 Å². The van der Waals surface area contributed by atoms with Gasteiger partial charge in [-0.2, -0.15) is 4.98 Å². The molecule has 2 N–H and O–H groups in total. The van der Waals surface area contributed by atoms with Crippen LogP contribution >= 0.6 is 11.6 Å². The molecule has 1 aromatic carbocycles. The average molecular weight is 483 g/mol. The zero-order valence-corrected chi connectivity index (χ0v) is 20.1. The number of ether oxygens (including phenoxy) is 1. The summed E-state index contributed by atoms with van der Waals surface area (Å²) in [5.74, 6) is 0.937. The van der Waals surface area contributed by atoms with Gasteiger partial charge < -0.3 is 19.9 Å². The van der Waals surface area contributed by atoms with Crippen LogP contribution in [0.5, 0.6) is 0 Å². The number of carbonyl (C=O) groups is 1. The van der Waals surface area contributed by atoms with Gasteiger partial charge in [0.05, 0.1) is 23.6 Å². The van der Waals surface area contributed by atoms with Crippen molar-refractivity contribution in [2.75, 3.05) is 38.2 Å². The molecule has 0 radical (unpaired) electrons. The molecule has 0 unspecified atom stereocenters. The van der Waals surface area contributed by atoms with Crippen LogP contribution in [-0.4, -0.2) is 58.2 Å². The molecular weight excluding hydrogens is 452 g/mol. The van der Waals surface area contributed by atoms with E-state index in [0.29, 0.717) is 17.5 Å². The van der Waals surface area contributed by atoms with E-state index in [9.17, 15) is 4.79 Å². The number of rotatable bonds is 9. The lowest BCUT2D eigenvalue weighted by atomic mass is 9.85. The molecule has 1 saturated heterocycles. The molecule has 2 aromatic heterocycles. The van der Waals surface area contributed by atoms with Crippen LogP contribution in [0.2, 0.25) is 5.02 Å². The molecule has 2 aliphatic rings. The van der Waals surface area contributed by atoms with E-state index in [1.807, 2.05) is 22.9 Å². The second-order valence-corrected chi connectivity index (χ2v) is 9.49. The van der Waals surface area contributed by atoms with E-state index in [1.165, 1.54) is 12.0 Å². The summed E-state index contributed by atoms with van der Waals surface area (Å²) in [7, 11) is 0. The Hall–Kier alpha value is -2.68. The van der Waals surface area contributed by atoms with Crippen LogP contribution in [0.3, 0.4) is 0 Å². The zero-order valence-electron chi connectivity index (χ0n) is 19.3. The fourth-order valence-electron chi connectivity index (χ4n) is 4.43. The van der Waals surface area contributed by atoms with Gasteiger partial charge in [-0.25, -0.2) is 4.98 Å². The van der Waals surface area contributed by atoms with Crippen molar-refractivity contribution in [3.63, 3.8) is 0 Å². The van der Waals surface area contributed by atoms with Crippen LogP contribution < -0.4 is 10.6 Å². The third-order valence-electron chi connectivity index (χ3n) is 6.61. The second kappa shape index (κ2) is 10.7. The number of carbonyl (C=O) groups excluding carboxylic acids is 1. The fraction of sp³-hybridized carbons (Fsp3) is 0.480. The van der Waals surface area contributed by atoms with Crippen LogP contribution in [-0.2, 0) is 22.6 Å². The van der Waals surface area contributed by atoms with Crippen molar-refractivity contribution in [1.82, 2.24) is 24.8 Å². The van der Waals surface area contributed by atoms with Gasteiger partial charge in [-0.05, 0) is 37.0 Å². The van der Waals surface area contributed by atoms with Gasteiger partial charge in [0.1, 0.15) is 5.65 Å². The van der Waals surface area contributed by atoms with E-state index >= 15 is 0 Å². The molecule has 1 aliphatic heterocycles. The Balaban J connectivity index is 1.22. The Bertz CT molecular complexity index is 1140. The van der Waals surface area contributed by atoms with Crippen LogP contribution in [0.1, 0.15) is 31.2 Å². The maximum absolute atomic E-state index is 12.0. The second-order valence-electron chi connectivity index (χ2n) is 9.09. The summed E-state index contributed by atoms with van der Waals surface area (Å²) in [5.41, 5.74) is 2.98. The molecule has 3 aromatic rings.